The molecule has 1 saturated carbocycles. The van der Waals surface area contributed by atoms with Crippen molar-refractivity contribution in [3.8, 4) is 5.69 Å². The Labute approximate surface area is 192 Å². The second kappa shape index (κ2) is 8.26. The summed E-state index contributed by atoms with van der Waals surface area (Å²) in [7, 11) is 0. The molecule has 4 aromatic rings. The minimum atomic E-state index is -4.58. The first kappa shape index (κ1) is 21.6. The smallest absolute Gasteiger partial charge is 0.363 e. The summed E-state index contributed by atoms with van der Waals surface area (Å²) in [4.78, 5) is 15.9. The lowest BCUT2D eigenvalue weighted by Gasteiger charge is -2.27. The second-order valence-corrected chi connectivity index (χ2v) is 8.46. The third-order valence-corrected chi connectivity index (χ3v) is 6.10. The van der Waals surface area contributed by atoms with Crippen LogP contribution in [0.15, 0.2) is 43.1 Å². The monoisotopic (exact) mass is 473 g/mol. The molecule has 7 nitrogen and oxygen atoms in total. The number of rotatable bonds is 5. The molecular weight excluding hydrogens is 455 g/mol. The maximum atomic E-state index is 12.8. The zero-order chi connectivity index (χ0) is 23.2. The lowest BCUT2D eigenvalue weighted by atomic mass is 9.79. The van der Waals surface area contributed by atoms with Gasteiger partial charge in [-0.05, 0) is 49.4 Å². The molecule has 0 bridgehead atoms. The quantitative estimate of drug-likeness (QED) is 0.399. The first-order chi connectivity index (χ1) is 15.8. The minimum Gasteiger partial charge on any atom is -0.363 e. The van der Waals surface area contributed by atoms with Crippen molar-refractivity contribution < 1.29 is 13.2 Å². The Bertz CT molecular complexity index is 1300. The van der Waals surface area contributed by atoms with E-state index in [0.717, 1.165) is 35.0 Å². The zero-order valence-electron chi connectivity index (χ0n) is 17.5. The van der Waals surface area contributed by atoms with Crippen molar-refractivity contribution >= 4 is 28.3 Å². The fraction of sp³-hybridized carbons (Fsp3) is 0.318. The first-order valence-corrected chi connectivity index (χ1v) is 10.8. The number of nitrogens with zero attached hydrogens (tertiary/aromatic N) is 6. The third kappa shape index (κ3) is 4.22. The van der Waals surface area contributed by atoms with Crippen molar-refractivity contribution in [2.24, 2.45) is 0 Å². The minimum absolute atomic E-state index is 0.388. The summed E-state index contributed by atoms with van der Waals surface area (Å²) >= 11 is 6.03. The molecular formula is C22H19ClF3N7. The van der Waals surface area contributed by atoms with Crippen LogP contribution in [-0.4, -0.2) is 29.7 Å². The number of alkyl halides is 3. The van der Waals surface area contributed by atoms with Gasteiger partial charge in [-0.3, -0.25) is 0 Å². The highest BCUT2D eigenvalue weighted by Crippen LogP contribution is 2.41. The van der Waals surface area contributed by atoms with E-state index in [0.29, 0.717) is 22.5 Å². The Morgan fingerprint density at radius 1 is 1.12 bits per heavy atom. The lowest BCUT2D eigenvalue weighted by molar-refractivity contribution is -0.145. The topological polar surface area (TPSA) is 81.4 Å². The molecule has 5 rings (SSSR count). The van der Waals surface area contributed by atoms with Gasteiger partial charge < -0.3 is 5.32 Å². The van der Waals surface area contributed by atoms with E-state index in [1.165, 1.54) is 25.1 Å². The van der Waals surface area contributed by atoms with Crippen LogP contribution in [0.4, 0.5) is 19.0 Å². The van der Waals surface area contributed by atoms with Crippen molar-refractivity contribution in [2.45, 2.75) is 44.3 Å². The highest BCUT2D eigenvalue weighted by molar-refractivity contribution is 6.29. The van der Waals surface area contributed by atoms with Crippen LogP contribution in [0.1, 0.15) is 55.1 Å². The van der Waals surface area contributed by atoms with Gasteiger partial charge in [-0.1, -0.05) is 18.0 Å². The molecule has 0 radical (unpaired) electrons. The van der Waals surface area contributed by atoms with Crippen LogP contribution in [-0.2, 0) is 6.18 Å². The van der Waals surface area contributed by atoms with E-state index >= 15 is 0 Å². The summed E-state index contributed by atoms with van der Waals surface area (Å²) in [6.07, 6.45) is 4.39. The Morgan fingerprint density at radius 3 is 2.48 bits per heavy atom. The van der Waals surface area contributed by atoms with Crippen LogP contribution in [0.25, 0.3) is 16.6 Å². The molecule has 1 aromatic carbocycles. The van der Waals surface area contributed by atoms with Gasteiger partial charge in [0.25, 0.3) is 0 Å². The molecule has 1 atom stereocenters. The van der Waals surface area contributed by atoms with Gasteiger partial charge in [0.1, 0.15) is 12.1 Å². The average molecular weight is 474 g/mol. The molecule has 3 heterocycles. The molecule has 33 heavy (non-hydrogen) atoms. The summed E-state index contributed by atoms with van der Waals surface area (Å²) in [6.45, 7) is 1.81. The Hall–Kier alpha value is -3.27. The van der Waals surface area contributed by atoms with Crippen LogP contribution < -0.4 is 5.32 Å². The number of hydrogen-bond donors (Lipinski definition) is 1. The Morgan fingerprint density at radius 2 is 1.88 bits per heavy atom. The van der Waals surface area contributed by atoms with Gasteiger partial charge in [0, 0.05) is 29.5 Å². The largest absolute Gasteiger partial charge is 0.451 e. The summed E-state index contributed by atoms with van der Waals surface area (Å²) in [6, 6.07) is 5.33. The van der Waals surface area contributed by atoms with Crippen molar-refractivity contribution in [1.29, 1.82) is 0 Å². The van der Waals surface area contributed by atoms with E-state index in [1.54, 1.807) is 16.9 Å². The van der Waals surface area contributed by atoms with E-state index in [1.807, 2.05) is 13.0 Å². The van der Waals surface area contributed by atoms with Gasteiger partial charge in [0.15, 0.2) is 5.15 Å². The summed E-state index contributed by atoms with van der Waals surface area (Å²) in [5.74, 6) is -0.200. The average Bonchev–Trinajstić information content (AvgIpc) is 3.18. The second-order valence-electron chi connectivity index (χ2n) is 8.07. The highest BCUT2D eigenvalue weighted by atomic mass is 35.5. The van der Waals surface area contributed by atoms with Gasteiger partial charge in [-0.2, -0.15) is 18.3 Å². The normalized spacial score (nSPS) is 15.4. The van der Waals surface area contributed by atoms with E-state index < -0.39 is 12.0 Å². The van der Waals surface area contributed by atoms with Crippen LogP contribution in [0, 0.1) is 0 Å². The van der Waals surface area contributed by atoms with Gasteiger partial charge in [-0.25, -0.2) is 24.6 Å². The van der Waals surface area contributed by atoms with E-state index in [-0.39, 0.29) is 6.04 Å². The fourth-order valence-corrected chi connectivity index (χ4v) is 4.04. The summed E-state index contributed by atoms with van der Waals surface area (Å²) in [5, 5.41) is 8.77. The van der Waals surface area contributed by atoms with Gasteiger partial charge in [0.05, 0.1) is 17.2 Å². The summed E-state index contributed by atoms with van der Waals surface area (Å²) in [5.41, 5.74) is 3.30. The van der Waals surface area contributed by atoms with E-state index in [9.17, 15) is 13.2 Å². The van der Waals surface area contributed by atoms with Gasteiger partial charge in [0.2, 0.25) is 5.82 Å². The molecule has 1 fully saturated rings. The van der Waals surface area contributed by atoms with Crippen LogP contribution in [0.3, 0.4) is 0 Å². The fourth-order valence-electron chi connectivity index (χ4n) is 3.90. The number of fused-ring (bicyclic) bond motifs is 1. The molecule has 0 saturated heterocycles. The molecule has 3 aromatic heterocycles. The van der Waals surface area contributed by atoms with Crippen molar-refractivity contribution in [2.75, 3.05) is 5.32 Å². The molecule has 0 amide bonds. The van der Waals surface area contributed by atoms with Crippen LogP contribution >= 0.6 is 11.6 Å². The molecule has 0 aliphatic heterocycles. The SMILES string of the molecule is CC(Nc1ncnc2c(C3CCC3)cc(-n3ccc(Cl)n3)cc12)c1cnc(C(F)(F)F)nc1. The van der Waals surface area contributed by atoms with Gasteiger partial charge in [-0.15, -0.1) is 0 Å². The maximum absolute atomic E-state index is 12.8. The van der Waals surface area contributed by atoms with Crippen molar-refractivity contribution in [3.05, 3.63) is 65.2 Å². The number of aromatic nitrogens is 6. The number of anilines is 1. The first-order valence-electron chi connectivity index (χ1n) is 10.5. The van der Waals surface area contributed by atoms with Gasteiger partial charge >= 0.3 is 6.18 Å². The molecule has 170 valence electrons. The highest BCUT2D eigenvalue weighted by Gasteiger charge is 2.34. The molecule has 1 N–H and O–H groups in total. The predicted molar refractivity (Wildman–Crippen MR) is 117 cm³/mol. The number of benzene rings is 1. The summed E-state index contributed by atoms with van der Waals surface area (Å²) < 4.78 is 40.1. The molecule has 1 aliphatic rings. The zero-order valence-corrected chi connectivity index (χ0v) is 18.3. The number of halogens is 4. The molecule has 1 aliphatic carbocycles. The number of nitrogens with one attached hydrogen (secondary N) is 1. The predicted octanol–water partition coefficient (Wildman–Crippen LogP) is 5.72. The Balaban J connectivity index is 1.54. The van der Waals surface area contributed by atoms with Crippen LogP contribution in [0.5, 0.6) is 0 Å². The molecule has 0 spiro atoms. The Kier molecular flexibility index (Phi) is 5.40. The lowest BCUT2D eigenvalue weighted by Crippen LogP contribution is -2.14. The standard InChI is InChI=1S/C22H19ClF3N7/c1-12(14-9-27-21(28-10-14)22(24,25)26)31-20-17-8-15(33-6-5-18(23)32-33)7-16(13-3-2-4-13)19(17)29-11-30-20/h5-13H,2-4H2,1H3,(H,29,30,31). The molecule has 1 unspecified atom stereocenters. The third-order valence-electron chi connectivity index (χ3n) is 5.90. The van der Waals surface area contributed by atoms with Crippen molar-refractivity contribution in [1.82, 2.24) is 29.7 Å². The van der Waals surface area contributed by atoms with Crippen molar-refractivity contribution in [3.63, 3.8) is 0 Å². The van der Waals surface area contributed by atoms with E-state index in [2.05, 4.69) is 36.4 Å². The number of hydrogen-bond acceptors (Lipinski definition) is 6. The van der Waals surface area contributed by atoms with Crippen LogP contribution in [0.2, 0.25) is 5.15 Å². The maximum Gasteiger partial charge on any atom is 0.451 e. The van der Waals surface area contributed by atoms with E-state index in [4.69, 9.17) is 11.6 Å². The molecule has 11 heteroatoms.